The van der Waals surface area contributed by atoms with Gasteiger partial charge in [-0.05, 0) is 35.9 Å². The van der Waals surface area contributed by atoms with Crippen LogP contribution in [0, 0.1) is 0 Å². The van der Waals surface area contributed by atoms with Crippen molar-refractivity contribution in [3.63, 3.8) is 0 Å². The average molecular weight is 404 g/mol. The Morgan fingerprint density at radius 2 is 1.41 bits per heavy atom. The number of alkyl halides is 6. The predicted octanol–water partition coefficient (Wildman–Crippen LogP) is 6.07. The van der Waals surface area contributed by atoms with Crippen LogP contribution in [-0.4, -0.2) is 10.2 Å². The van der Waals surface area contributed by atoms with Crippen molar-refractivity contribution in [2.45, 2.75) is 23.3 Å². The van der Waals surface area contributed by atoms with Gasteiger partial charge in [0, 0.05) is 11.3 Å². The van der Waals surface area contributed by atoms with E-state index in [-0.39, 0.29) is 28.5 Å². The molecule has 0 aliphatic carbocycles. The van der Waals surface area contributed by atoms with Crippen molar-refractivity contribution in [3.05, 3.63) is 65.2 Å². The lowest BCUT2D eigenvalue weighted by atomic mass is 10.1. The van der Waals surface area contributed by atoms with Gasteiger partial charge in [0.15, 0.2) is 0 Å². The first-order valence-electron chi connectivity index (χ1n) is 7.43. The van der Waals surface area contributed by atoms with Gasteiger partial charge in [-0.2, -0.15) is 26.3 Å². The third-order valence-corrected chi connectivity index (χ3v) is 4.33. The molecule has 0 fully saturated rings. The van der Waals surface area contributed by atoms with Gasteiger partial charge in [0.2, 0.25) is 5.89 Å². The summed E-state index contributed by atoms with van der Waals surface area (Å²) in [5.41, 5.74) is -2.22. The molecule has 0 amide bonds. The number of hydrogen-bond acceptors (Lipinski definition) is 4. The van der Waals surface area contributed by atoms with E-state index in [2.05, 4.69) is 10.2 Å². The fourth-order valence-electron chi connectivity index (χ4n) is 2.21. The molecule has 0 aliphatic rings. The zero-order valence-electron chi connectivity index (χ0n) is 13.3. The normalized spacial score (nSPS) is 12.4. The van der Waals surface area contributed by atoms with E-state index in [0.717, 1.165) is 11.8 Å². The van der Waals surface area contributed by atoms with Gasteiger partial charge in [-0.1, -0.05) is 30.0 Å². The maximum Gasteiger partial charge on any atom is 0.416 e. The summed E-state index contributed by atoms with van der Waals surface area (Å²) in [6.45, 7) is 0. The Labute approximate surface area is 153 Å². The number of hydrogen-bond donors (Lipinski definition) is 0. The van der Waals surface area contributed by atoms with E-state index in [1.54, 1.807) is 30.3 Å². The smallest absolute Gasteiger partial charge is 0.411 e. The molecule has 0 spiro atoms. The Kier molecular flexibility index (Phi) is 5.18. The molecular weight excluding hydrogens is 394 g/mol. The summed E-state index contributed by atoms with van der Waals surface area (Å²) in [4.78, 5) is 0. The van der Waals surface area contributed by atoms with Crippen LogP contribution in [0.1, 0.15) is 16.7 Å². The van der Waals surface area contributed by atoms with Gasteiger partial charge < -0.3 is 4.42 Å². The molecule has 3 nitrogen and oxygen atoms in total. The zero-order chi connectivity index (χ0) is 19.7. The van der Waals surface area contributed by atoms with Crippen LogP contribution in [0.4, 0.5) is 26.3 Å². The number of aromatic nitrogens is 2. The molecule has 0 N–H and O–H groups in total. The van der Waals surface area contributed by atoms with E-state index >= 15 is 0 Å². The first kappa shape index (κ1) is 19.3. The molecule has 0 unspecified atom stereocenters. The summed E-state index contributed by atoms with van der Waals surface area (Å²) < 4.78 is 82.6. The van der Waals surface area contributed by atoms with E-state index < -0.39 is 23.5 Å². The van der Waals surface area contributed by atoms with Gasteiger partial charge in [0.1, 0.15) is 0 Å². The second kappa shape index (κ2) is 7.26. The number of nitrogens with zero attached hydrogens (tertiary/aromatic N) is 2. The fraction of sp³-hybridized carbons (Fsp3) is 0.176. The minimum Gasteiger partial charge on any atom is -0.411 e. The Morgan fingerprint density at radius 3 is 1.96 bits per heavy atom. The Balaban J connectivity index is 1.81. The largest absolute Gasteiger partial charge is 0.416 e. The highest BCUT2D eigenvalue weighted by molar-refractivity contribution is 7.98. The monoisotopic (exact) mass is 404 g/mol. The standard InChI is InChI=1S/C17H10F6N2OS/c18-16(19,20)12-6-10(7-13(8-12)17(21,22)23)9-27-15-25-24-14(26-15)11-4-2-1-3-5-11/h1-8H,9H2. The lowest BCUT2D eigenvalue weighted by Gasteiger charge is -2.13. The predicted molar refractivity (Wildman–Crippen MR) is 85.7 cm³/mol. The van der Waals surface area contributed by atoms with Crippen molar-refractivity contribution in [2.75, 3.05) is 0 Å². The van der Waals surface area contributed by atoms with Crippen LogP contribution >= 0.6 is 11.8 Å². The summed E-state index contributed by atoms with van der Waals surface area (Å²) in [5, 5.41) is 7.61. The SMILES string of the molecule is FC(F)(F)c1cc(CSc2nnc(-c3ccccc3)o2)cc(C(F)(F)F)c1. The topological polar surface area (TPSA) is 38.9 Å². The molecule has 0 aliphatic heterocycles. The molecule has 27 heavy (non-hydrogen) atoms. The van der Waals surface area contributed by atoms with Gasteiger partial charge in [-0.3, -0.25) is 0 Å². The summed E-state index contributed by atoms with van der Waals surface area (Å²) in [7, 11) is 0. The van der Waals surface area contributed by atoms with Crippen molar-refractivity contribution < 1.29 is 30.8 Å². The molecule has 1 aromatic heterocycles. The molecule has 0 atom stereocenters. The van der Waals surface area contributed by atoms with Gasteiger partial charge >= 0.3 is 12.4 Å². The van der Waals surface area contributed by atoms with Crippen LogP contribution in [-0.2, 0) is 18.1 Å². The highest BCUT2D eigenvalue weighted by atomic mass is 32.2. The first-order chi connectivity index (χ1) is 12.6. The third-order valence-electron chi connectivity index (χ3n) is 3.44. The van der Waals surface area contributed by atoms with Crippen molar-refractivity contribution in [2.24, 2.45) is 0 Å². The minimum atomic E-state index is -4.88. The van der Waals surface area contributed by atoms with Crippen LogP contribution < -0.4 is 0 Å². The van der Waals surface area contributed by atoms with Crippen LogP contribution in [0.5, 0.6) is 0 Å². The molecule has 0 saturated heterocycles. The summed E-state index contributed by atoms with van der Waals surface area (Å²) >= 11 is 0.853. The van der Waals surface area contributed by atoms with E-state index in [9.17, 15) is 26.3 Å². The van der Waals surface area contributed by atoms with Crippen molar-refractivity contribution in [1.82, 2.24) is 10.2 Å². The van der Waals surface area contributed by atoms with Gasteiger partial charge in [-0.15, -0.1) is 10.2 Å². The third kappa shape index (κ3) is 4.82. The second-order valence-electron chi connectivity index (χ2n) is 5.44. The average Bonchev–Trinajstić information content (AvgIpc) is 3.08. The van der Waals surface area contributed by atoms with E-state index in [4.69, 9.17) is 4.42 Å². The van der Waals surface area contributed by atoms with Crippen LogP contribution in [0.25, 0.3) is 11.5 Å². The molecule has 3 aromatic rings. The van der Waals surface area contributed by atoms with E-state index in [1.165, 1.54) is 0 Å². The quantitative estimate of drug-likeness (QED) is 0.391. The molecule has 10 heteroatoms. The van der Waals surface area contributed by atoms with Gasteiger partial charge in [-0.25, -0.2) is 0 Å². The number of thioether (sulfide) groups is 1. The summed E-state index contributed by atoms with van der Waals surface area (Å²) in [6.07, 6.45) is -9.77. The van der Waals surface area contributed by atoms with Crippen molar-refractivity contribution >= 4 is 11.8 Å². The van der Waals surface area contributed by atoms with Crippen LogP contribution in [0.15, 0.2) is 58.2 Å². The highest BCUT2D eigenvalue weighted by Gasteiger charge is 2.36. The Hall–Kier alpha value is -2.49. The van der Waals surface area contributed by atoms with Crippen LogP contribution in [0.2, 0.25) is 0 Å². The summed E-state index contributed by atoms with van der Waals surface area (Å²) in [6, 6.07) is 10.2. The van der Waals surface area contributed by atoms with E-state index in [0.29, 0.717) is 17.7 Å². The van der Waals surface area contributed by atoms with Crippen LogP contribution in [0.3, 0.4) is 0 Å². The molecule has 0 saturated carbocycles. The van der Waals surface area contributed by atoms with Crippen molar-refractivity contribution in [3.8, 4) is 11.5 Å². The minimum absolute atomic E-state index is 0.0415. The van der Waals surface area contributed by atoms with Gasteiger partial charge in [0.05, 0.1) is 11.1 Å². The molecule has 1 heterocycles. The molecule has 0 radical (unpaired) electrons. The number of halogens is 6. The molecular formula is C17H10F6N2OS. The number of benzene rings is 2. The molecule has 0 bridgehead atoms. The second-order valence-corrected chi connectivity index (χ2v) is 6.37. The maximum absolute atomic E-state index is 12.9. The van der Waals surface area contributed by atoms with Gasteiger partial charge in [0.25, 0.3) is 5.22 Å². The Morgan fingerprint density at radius 1 is 0.815 bits per heavy atom. The lowest BCUT2D eigenvalue weighted by molar-refractivity contribution is -0.143. The molecule has 2 aromatic carbocycles. The number of rotatable bonds is 4. The Bertz CT molecular complexity index is 889. The van der Waals surface area contributed by atoms with E-state index in [1.807, 2.05) is 0 Å². The summed E-state index contributed by atoms with van der Waals surface area (Å²) in [5.74, 6) is 0.0155. The maximum atomic E-state index is 12.9. The first-order valence-corrected chi connectivity index (χ1v) is 8.41. The van der Waals surface area contributed by atoms with Crippen molar-refractivity contribution in [1.29, 1.82) is 0 Å². The lowest BCUT2D eigenvalue weighted by Crippen LogP contribution is -2.11. The molecule has 3 rings (SSSR count). The molecule has 142 valence electrons. The fourth-order valence-corrected chi connectivity index (χ4v) is 2.91. The zero-order valence-corrected chi connectivity index (χ0v) is 14.1. The highest BCUT2D eigenvalue weighted by Crippen LogP contribution is 2.37.